The molecule has 4 nitrogen and oxygen atoms in total. The van der Waals surface area contributed by atoms with Crippen LogP contribution in [0.3, 0.4) is 0 Å². The average Bonchev–Trinajstić information content (AvgIpc) is 2.18. The molecule has 16 heavy (non-hydrogen) atoms. The van der Waals surface area contributed by atoms with E-state index in [0.717, 1.165) is 6.08 Å². The Bertz CT molecular complexity index is 276. The summed E-state index contributed by atoms with van der Waals surface area (Å²) in [6, 6.07) is 0. The molecule has 0 fully saturated rings. The predicted octanol–water partition coefficient (Wildman–Crippen LogP) is 1.92. The molecule has 0 heterocycles. The standard InChI is InChI=1S/C6H7F3O2.C3H4O2/c1-3(2)6(10)11-5(9)4(7)8;1-2-3(4)5/h4-5H,1H2,2H3;2H,1H2,(H,4,5). The number of hydrogen-bond donors (Lipinski definition) is 1. The van der Waals surface area contributed by atoms with E-state index in [2.05, 4.69) is 17.9 Å². The third-order valence-corrected chi connectivity index (χ3v) is 0.941. The highest BCUT2D eigenvalue weighted by Crippen LogP contribution is 2.08. The number of hydrogen-bond acceptors (Lipinski definition) is 3. The van der Waals surface area contributed by atoms with Crippen molar-refractivity contribution in [1.29, 1.82) is 0 Å². The molecule has 0 aliphatic carbocycles. The lowest BCUT2D eigenvalue weighted by atomic mass is 10.4. The van der Waals surface area contributed by atoms with Gasteiger partial charge in [0.2, 0.25) is 0 Å². The van der Waals surface area contributed by atoms with Crippen LogP contribution >= 0.6 is 0 Å². The maximum absolute atomic E-state index is 11.9. The number of ether oxygens (including phenoxy) is 1. The van der Waals surface area contributed by atoms with E-state index in [0.29, 0.717) is 0 Å². The molecule has 0 spiro atoms. The van der Waals surface area contributed by atoms with Crippen LogP contribution in [0.4, 0.5) is 13.2 Å². The second kappa shape index (κ2) is 8.51. The fourth-order valence-corrected chi connectivity index (χ4v) is 0.254. The molecule has 1 unspecified atom stereocenters. The van der Waals surface area contributed by atoms with Crippen molar-refractivity contribution in [3.05, 3.63) is 24.8 Å². The van der Waals surface area contributed by atoms with E-state index >= 15 is 0 Å². The number of halogens is 3. The van der Waals surface area contributed by atoms with Gasteiger partial charge in [0, 0.05) is 11.6 Å². The van der Waals surface area contributed by atoms with E-state index in [1.807, 2.05) is 0 Å². The molecule has 92 valence electrons. The molecule has 0 bridgehead atoms. The highest BCUT2D eigenvalue weighted by Gasteiger charge is 2.23. The van der Waals surface area contributed by atoms with Crippen LogP contribution < -0.4 is 0 Å². The van der Waals surface area contributed by atoms with E-state index in [9.17, 15) is 22.8 Å². The molecule has 1 N–H and O–H groups in total. The number of rotatable bonds is 4. The number of carboxylic acids is 1. The van der Waals surface area contributed by atoms with Gasteiger partial charge in [-0.3, -0.25) is 0 Å². The summed E-state index contributed by atoms with van der Waals surface area (Å²) in [7, 11) is 0. The Balaban J connectivity index is 0. The molecule has 0 saturated carbocycles. The van der Waals surface area contributed by atoms with Gasteiger partial charge in [0.05, 0.1) is 0 Å². The van der Waals surface area contributed by atoms with Crippen molar-refractivity contribution in [2.24, 2.45) is 0 Å². The number of aliphatic carboxylic acids is 1. The minimum Gasteiger partial charge on any atom is -0.478 e. The fourth-order valence-electron chi connectivity index (χ4n) is 0.254. The average molecular weight is 240 g/mol. The molecule has 0 aromatic carbocycles. The summed E-state index contributed by atoms with van der Waals surface area (Å²) in [6.07, 6.45) is -5.34. The minimum absolute atomic E-state index is 0.117. The zero-order valence-corrected chi connectivity index (χ0v) is 8.45. The van der Waals surface area contributed by atoms with Crippen molar-refractivity contribution in [3.63, 3.8) is 0 Å². The molecule has 0 rings (SSSR count). The molecular weight excluding hydrogens is 229 g/mol. The molecule has 0 saturated heterocycles. The third-order valence-electron chi connectivity index (χ3n) is 0.941. The second-order valence-electron chi connectivity index (χ2n) is 2.41. The normalized spacial score (nSPS) is 10.8. The molecule has 0 aliphatic heterocycles. The van der Waals surface area contributed by atoms with Crippen molar-refractivity contribution in [1.82, 2.24) is 0 Å². The Morgan fingerprint density at radius 2 is 1.75 bits per heavy atom. The summed E-state index contributed by atoms with van der Waals surface area (Å²) >= 11 is 0. The van der Waals surface area contributed by atoms with E-state index < -0.39 is 24.7 Å². The van der Waals surface area contributed by atoms with E-state index in [4.69, 9.17) is 5.11 Å². The van der Waals surface area contributed by atoms with Gasteiger partial charge >= 0.3 is 24.7 Å². The van der Waals surface area contributed by atoms with Crippen molar-refractivity contribution < 1.29 is 32.6 Å². The lowest BCUT2D eigenvalue weighted by molar-refractivity contribution is -0.169. The van der Waals surface area contributed by atoms with Crippen molar-refractivity contribution in [3.8, 4) is 0 Å². The highest BCUT2D eigenvalue weighted by atomic mass is 19.3. The van der Waals surface area contributed by atoms with Gasteiger partial charge in [-0.15, -0.1) is 0 Å². The number of carbonyl (C=O) groups is 2. The van der Waals surface area contributed by atoms with Gasteiger partial charge < -0.3 is 9.84 Å². The SMILES string of the molecule is C=C(C)C(=O)OC(F)C(F)F.C=CC(=O)O. The molecule has 0 radical (unpaired) electrons. The Morgan fingerprint density at radius 3 is 1.94 bits per heavy atom. The molecular formula is C9H11F3O4. The summed E-state index contributed by atoms with van der Waals surface area (Å²) < 4.78 is 38.3. The summed E-state index contributed by atoms with van der Waals surface area (Å²) in [6.45, 7) is 7.28. The number of carboxylic acid groups (broad SMARTS) is 1. The minimum atomic E-state index is -3.31. The molecule has 0 aromatic heterocycles. The summed E-state index contributed by atoms with van der Waals surface area (Å²) in [5.74, 6) is -2.14. The summed E-state index contributed by atoms with van der Waals surface area (Å²) in [5.41, 5.74) is -0.117. The first-order valence-electron chi connectivity index (χ1n) is 3.86. The first-order valence-corrected chi connectivity index (χ1v) is 3.86. The molecule has 0 aromatic rings. The van der Waals surface area contributed by atoms with Crippen LogP contribution in [-0.2, 0) is 14.3 Å². The van der Waals surface area contributed by atoms with Crippen molar-refractivity contribution >= 4 is 11.9 Å². The fraction of sp³-hybridized carbons (Fsp3) is 0.333. The summed E-state index contributed by atoms with van der Waals surface area (Å²) in [4.78, 5) is 19.6. The largest absolute Gasteiger partial charge is 0.478 e. The van der Waals surface area contributed by atoms with Crippen LogP contribution in [0, 0.1) is 0 Å². The lowest BCUT2D eigenvalue weighted by Gasteiger charge is -2.07. The van der Waals surface area contributed by atoms with Gasteiger partial charge in [0.1, 0.15) is 0 Å². The molecule has 0 aliphatic rings. The van der Waals surface area contributed by atoms with Gasteiger partial charge in [0.25, 0.3) is 0 Å². The monoisotopic (exact) mass is 240 g/mol. The van der Waals surface area contributed by atoms with Crippen LogP contribution in [0.5, 0.6) is 0 Å². The predicted molar refractivity (Wildman–Crippen MR) is 49.6 cm³/mol. The maximum atomic E-state index is 11.9. The first kappa shape index (κ1) is 16.6. The number of carbonyl (C=O) groups excluding carboxylic acids is 1. The quantitative estimate of drug-likeness (QED) is 0.602. The maximum Gasteiger partial charge on any atom is 0.335 e. The van der Waals surface area contributed by atoms with Crippen molar-refractivity contribution in [2.45, 2.75) is 19.7 Å². The molecule has 0 amide bonds. The van der Waals surface area contributed by atoms with Crippen LogP contribution in [0.2, 0.25) is 0 Å². The van der Waals surface area contributed by atoms with Gasteiger partial charge in [-0.2, -0.15) is 4.39 Å². The topological polar surface area (TPSA) is 63.6 Å². The van der Waals surface area contributed by atoms with Crippen molar-refractivity contribution in [2.75, 3.05) is 0 Å². The second-order valence-corrected chi connectivity index (χ2v) is 2.41. The number of alkyl halides is 3. The van der Waals surface area contributed by atoms with Crippen LogP contribution in [0.25, 0.3) is 0 Å². The molecule has 7 heteroatoms. The van der Waals surface area contributed by atoms with E-state index in [1.54, 1.807) is 0 Å². The van der Waals surface area contributed by atoms with Gasteiger partial charge in [-0.1, -0.05) is 13.2 Å². The first-order chi connectivity index (χ1) is 7.22. The Morgan fingerprint density at radius 1 is 1.38 bits per heavy atom. The number of esters is 1. The van der Waals surface area contributed by atoms with E-state index in [1.165, 1.54) is 6.92 Å². The van der Waals surface area contributed by atoms with Gasteiger partial charge in [-0.05, 0) is 6.92 Å². The zero-order chi connectivity index (χ0) is 13.3. The van der Waals surface area contributed by atoms with E-state index in [-0.39, 0.29) is 5.57 Å². The zero-order valence-electron chi connectivity index (χ0n) is 8.45. The Hall–Kier alpha value is -1.79. The summed E-state index contributed by atoms with van der Waals surface area (Å²) in [5, 5.41) is 7.60. The van der Waals surface area contributed by atoms with Crippen LogP contribution in [0.1, 0.15) is 6.92 Å². The van der Waals surface area contributed by atoms with Gasteiger partial charge in [-0.25, -0.2) is 18.4 Å². The highest BCUT2D eigenvalue weighted by molar-refractivity contribution is 5.87. The Kier molecular flexibility index (Phi) is 8.85. The smallest absolute Gasteiger partial charge is 0.335 e. The van der Waals surface area contributed by atoms with Crippen LogP contribution in [-0.4, -0.2) is 29.8 Å². The Labute approximate surface area is 90.0 Å². The van der Waals surface area contributed by atoms with Gasteiger partial charge in [0.15, 0.2) is 0 Å². The molecule has 1 atom stereocenters. The lowest BCUT2D eigenvalue weighted by Crippen LogP contribution is -2.20. The van der Waals surface area contributed by atoms with Crippen LogP contribution in [0.15, 0.2) is 24.8 Å². The third kappa shape index (κ3) is 10.3.